The molecule has 0 atom stereocenters. The van der Waals surface area contributed by atoms with Gasteiger partial charge in [0.05, 0.1) is 23.0 Å². The molecule has 0 aliphatic carbocycles. The molecular formula is C22H21Cl2N5O2S. The summed E-state index contributed by atoms with van der Waals surface area (Å²) in [6.07, 6.45) is 1.70. The fourth-order valence-electron chi connectivity index (χ4n) is 2.86. The molecule has 0 spiro atoms. The number of halogens is 2. The summed E-state index contributed by atoms with van der Waals surface area (Å²) < 4.78 is 1.80. The van der Waals surface area contributed by atoms with Gasteiger partial charge in [-0.15, -0.1) is 16.8 Å². The zero-order chi connectivity index (χ0) is 23.1. The van der Waals surface area contributed by atoms with Crippen molar-refractivity contribution in [1.82, 2.24) is 20.1 Å². The standard InChI is InChI=1S/C22H21Cl2N5O2S/c1-3-10-29-19(12-25-21(31)16-7-5-4-6-14(16)2)27-28-22(29)32-13-20(30)26-18-11-15(23)8-9-17(18)24/h3-9,11H,1,10,12-13H2,2H3,(H,25,31)(H,26,30). The third-order valence-corrected chi connectivity index (χ3v) is 5.97. The first kappa shape index (κ1) is 23.8. The first-order valence-corrected chi connectivity index (χ1v) is 11.4. The van der Waals surface area contributed by atoms with E-state index < -0.39 is 0 Å². The average molecular weight is 490 g/mol. The van der Waals surface area contributed by atoms with E-state index in [2.05, 4.69) is 27.4 Å². The average Bonchev–Trinajstić information content (AvgIpc) is 3.15. The van der Waals surface area contributed by atoms with E-state index >= 15 is 0 Å². The van der Waals surface area contributed by atoms with Gasteiger partial charge < -0.3 is 15.2 Å². The number of nitrogens with one attached hydrogen (secondary N) is 2. The lowest BCUT2D eigenvalue weighted by atomic mass is 10.1. The van der Waals surface area contributed by atoms with Crippen LogP contribution in [0.3, 0.4) is 0 Å². The van der Waals surface area contributed by atoms with E-state index in [4.69, 9.17) is 23.2 Å². The van der Waals surface area contributed by atoms with E-state index in [-0.39, 0.29) is 24.1 Å². The van der Waals surface area contributed by atoms with Crippen LogP contribution in [0.2, 0.25) is 10.0 Å². The molecular weight excluding hydrogens is 469 g/mol. The molecule has 0 aliphatic heterocycles. The van der Waals surface area contributed by atoms with Crippen molar-refractivity contribution >= 4 is 52.5 Å². The molecule has 0 saturated carbocycles. The summed E-state index contributed by atoms with van der Waals surface area (Å²) in [5.74, 6) is 0.200. The van der Waals surface area contributed by atoms with Gasteiger partial charge in [-0.2, -0.15) is 0 Å². The Balaban J connectivity index is 1.63. The van der Waals surface area contributed by atoms with Gasteiger partial charge in [-0.05, 0) is 36.8 Å². The van der Waals surface area contributed by atoms with Crippen LogP contribution in [-0.4, -0.2) is 32.3 Å². The number of rotatable bonds is 9. The lowest BCUT2D eigenvalue weighted by Gasteiger charge is -2.10. The van der Waals surface area contributed by atoms with Gasteiger partial charge >= 0.3 is 0 Å². The maximum atomic E-state index is 12.5. The fourth-order valence-corrected chi connectivity index (χ4v) is 3.96. The number of thioether (sulfide) groups is 1. The minimum atomic E-state index is -0.262. The second-order valence-electron chi connectivity index (χ2n) is 6.76. The van der Waals surface area contributed by atoms with Gasteiger partial charge in [0.15, 0.2) is 11.0 Å². The molecule has 1 heterocycles. The van der Waals surface area contributed by atoms with Gasteiger partial charge in [0, 0.05) is 17.1 Å². The first-order valence-electron chi connectivity index (χ1n) is 9.63. The molecule has 3 rings (SSSR count). The number of allylic oxidation sites excluding steroid dienone is 1. The van der Waals surface area contributed by atoms with E-state index in [1.165, 1.54) is 11.8 Å². The van der Waals surface area contributed by atoms with Crippen LogP contribution in [0.25, 0.3) is 0 Å². The van der Waals surface area contributed by atoms with Crippen molar-refractivity contribution in [1.29, 1.82) is 0 Å². The molecule has 7 nitrogen and oxygen atoms in total. The quantitative estimate of drug-likeness (QED) is 0.334. The van der Waals surface area contributed by atoms with Crippen molar-refractivity contribution in [2.24, 2.45) is 0 Å². The number of carbonyl (C=O) groups is 2. The molecule has 0 bridgehead atoms. The maximum absolute atomic E-state index is 12.5. The molecule has 3 aromatic rings. The number of benzene rings is 2. The Morgan fingerprint density at radius 3 is 2.72 bits per heavy atom. The number of aryl methyl sites for hydroxylation is 1. The monoisotopic (exact) mass is 489 g/mol. The van der Waals surface area contributed by atoms with Gasteiger partial charge in [0.2, 0.25) is 5.91 Å². The van der Waals surface area contributed by atoms with Crippen LogP contribution in [0.1, 0.15) is 21.7 Å². The maximum Gasteiger partial charge on any atom is 0.251 e. The van der Waals surface area contributed by atoms with E-state index in [1.807, 2.05) is 25.1 Å². The van der Waals surface area contributed by atoms with Crippen LogP contribution < -0.4 is 10.6 Å². The molecule has 0 unspecified atom stereocenters. The van der Waals surface area contributed by atoms with Crippen molar-refractivity contribution < 1.29 is 9.59 Å². The summed E-state index contributed by atoms with van der Waals surface area (Å²) in [6.45, 7) is 6.27. The fraction of sp³-hybridized carbons (Fsp3) is 0.182. The highest BCUT2D eigenvalue weighted by Crippen LogP contribution is 2.26. The van der Waals surface area contributed by atoms with Gasteiger partial charge in [-0.3, -0.25) is 9.59 Å². The van der Waals surface area contributed by atoms with Crippen LogP contribution in [0.15, 0.2) is 60.3 Å². The Hall–Kier alpha value is -2.81. The van der Waals surface area contributed by atoms with Crippen molar-refractivity contribution in [2.75, 3.05) is 11.1 Å². The number of hydrogen-bond donors (Lipinski definition) is 2. The lowest BCUT2D eigenvalue weighted by Crippen LogP contribution is -2.25. The predicted molar refractivity (Wildman–Crippen MR) is 128 cm³/mol. The number of nitrogens with zero attached hydrogens (tertiary/aromatic N) is 3. The second kappa shape index (κ2) is 11.2. The molecule has 0 aliphatic rings. The Kier molecular flexibility index (Phi) is 8.33. The summed E-state index contributed by atoms with van der Waals surface area (Å²) in [5.41, 5.74) is 1.93. The summed E-state index contributed by atoms with van der Waals surface area (Å²) >= 11 is 13.3. The number of carbonyl (C=O) groups excluding carboxylic acids is 2. The molecule has 32 heavy (non-hydrogen) atoms. The summed E-state index contributed by atoms with van der Waals surface area (Å²) in [6, 6.07) is 12.2. The van der Waals surface area contributed by atoms with Crippen LogP contribution >= 0.6 is 35.0 Å². The number of anilines is 1. The van der Waals surface area contributed by atoms with Crippen molar-refractivity contribution in [3.8, 4) is 0 Å². The van der Waals surface area contributed by atoms with Crippen LogP contribution in [0.5, 0.6) is 0 Å². The van der Waals surface area contributed by atoms with Gasteiger partial charge in [0.25, 0.3) is 5.91 Å². The minimum Gasteiger partial charge on any atom is -0.345 e. The molecule has 1 aromatic heterocycles. The van der Waals surface area contributed by atoms with Crippen LogP contribution in [-0.2, 0) is 17.9 Å². The number of hydrogen-bond acceptors (Lipinski definition) is 5. The van der Waals surface area contributed by atoms with E-state index in [1.54, 1.807) is 34.9 Å². The Labute approximate surface area is 200 Å². The zero-order valence-corrected chi connectivity index (χ0v) is 19.6. The summed E-state index contributed by atoms with van der Waals surface area (Å²) in [5, 5.41) is 15.3. The Morgan fingerprint density at radius 2 is 1.97 bits per heavy atom. The normalized spacial score (nSPS) is 10.6. The Morgan fingerprint density at radius 1 is 1.19 bits per heavy atom. The van der Waals surface area contributed by atoms with Crippen LogP contribution in [0, 0.1) is 6.92 Å². The second-order valence-corrected chi connectivity index (χ2v) is 8.54. The third kappa shape index (κ3) is 6.12. The largest absolute Gasteiger partial charge is 0.345 e. The predicted octanol–water partition coefficient (Wildman–Crippen LogP) is 4.74. The molecule has 0 fully saturated rings. The molecule has 2 amide bonds. The highest BCUT2D eigenvalue weighted by atomic mass is 35.5. The molecule has 2 N–H and O–H groups in total. The zero-order valence-electron chi connectivity index (χ0n) is 17.3. The highest BCUT2D eigenvalue weighted by molar-refractivity contribution is 7.99. The van der Waals surface area contributed by atoms with E-state index in [9.17, 15) is 9.59 Å². The SMILES string of the molecule is C=CCn1c(CNC(=O)c2ccccc2C)nnc1SCC(=O)Nc1cc(Cl)ccc1Cl. The minimum absolute atomic E-state index is 0.0910. The lowest BCUT2D eigenvalue weighted by molar-refractivity contribution is -0.113. The van der Waals surface area contributed by atoms with Crippen molar-refractivity contribution in [3.63, 3.8) is 0 Å². The molecule has 10 heteroatoms. The van der Waals surface area contributed by atoms with Crippen molar-refractivity contribution in [2.45, 2.75) is 25.2 Å². The van der Waals surface area contributed by atoms with Crippen LogP contribution in [0.4, 0.5) is 5.69 Å². The Bertz CT molecular complexity index is 1150. The molecule has 2 aromatic carbocycles. The van der Waals surface area contributed by atoms with Crippen molar-refractivity contribution in [3.05, 3.63) is 82.1 Å². The number of aromatic nitrogens is 3. The van der Waals surface area contributed by atoms with Gasteiger partial charge in [-0.25, -0.2) is 0 Å². The van der Waals surface area contributed by atoms with Gasteiger partial charge in [0.1, 0.15) is 0 Å². The molecule has 0 radical (unpaired) electrons. The summed E-state index contributed by atoms with van der Waals surface area (Å²) in [4.78, 5) is 24.8. The highest BCUT2D eigenvalue weighted by Gasteiger charge is 2.16. The van der Waals surface area contributed by atoms with E-state index in [0.29, 0.717) is 38.8 Å². The smallest absolute Gasteiger partial charge is 0.251 e. The molecule has 0 saturated heterocycles. The molecule has 166 valence electrons. The first-order chi connectivity index (χ1) is 15.4. The number of amides is 2. The topological polar surface area (TPSA) is 88.9 Å². The third-order valence-electron chi connectivity index (χ3n) is 4.44. The van der Waals surface area contributed by atoms with E-state index in [0.717, 1.165) is 5.56 Å². The van der Waals surface area contributed by atoms with Gasteiger partial charge in [-0.1, -0.05) is 59.2 Å². The summed E-state index contributed by atoms with van der Waals surface area (Å²) in [7, 11) is 0.